The van der Waals surface area contributed by atoms with Crippen molar-refractivity contribution >= 4 is 5.65 Å². The highest BCUT2D eigenvalue weighted by atomic mass is 16.5. The molecule has 3 heterocycles. The van der Waals surface area contributed by atoms with E-state index in [4.69, 9.17) is 4.74 Å². The molecule has 2 aromatic heterocycles. The second-order valence-corrected chi connectivity index (χ2v) is 5.09. The van der Waals surface area contributed by atoms with Crippen molar-refractivity contribution in [3.63, 3.8) is 0 Å². The van der Waals surface area contributed by atoms with Gasteiger partial charge < -0.3 is 14.5 Å². The van der Waals surface area contributed by atoms with Crippen LogP contribution in [-0.4, -0.2) is 53.7 Å². The molecular weight excluding hydrogens is 240 g/mol. The van der Waals surface area contributed by atoms with Crippen LogP contribution in [0.2, 0.25) is 0 Å². The first-order chi connectivity index (χ1) is 9.31. The van der Waals surface area contributed by atoms with Crippen molar-refractivity contribution < 1.29 is 4.74 Å². The van der Waals surface area contributed by atoms with Gasteiger partial charge in [-0.05, 0) is 19.2 Å². The highest BCUT2D eigenvalue weighted by Gasteiger charge is 2.16. The number of imidazole rings is 1. The van der Waals surface area contributed by atoms with Crippen molar-refractivity contribution in [3.8, 4) is 0 Å². The zero-order chi connectivity index (χ0) is 13.1. The summed E-state index contributed by atoms with van der Waals surface area (Å²) in [5.41, 5.74) is 2.10. The molecule has 2 aromatic rings. The largest absolute Gasteiger partial charge is 0.374 e. The van der Waals surface area contributed by atoms with Gasteiger partial charge in [0.2, 0.25) is 0 Å². The van der Waals surface area contributed by atoms with Crippen molar-refractivity contribution in [1.82, 2.24) is 19.6 Å². The molecule has 5 heteroatoms. The van der Waals surface area contributed by atoms with E-state index in [0.717, 1.165) is 44.1 Å². The van der Waals surface area contributed by atoms with E-state index in [1.165, 1.54) is 0 Å². The Morgan fingerprint density at radius 3 is 3.26 bits per heavy atom. The van der Waals surface area contributed by atoms with Crippen molar-refractivity contribution in [2.24, 2.45) is 0 Å². The molecule has 1 unspecified atom stereocenters. The third-order valence-corrected chi connectivity index (χ3v) is 3.37. The van der Waals surface area contributed by atoms with Crippen molar-refractivity contribution in [3.05, 3.63) is 36.3 Å². The molecule has 0 aliphatic carbocycles. The second kappa shape index (κ2) is 5.69. The lowest BCUT2D eigenvalue weighted by molar-refractivity contribution is 0.00870. The molecule has 1 atom stereocenters. The molecular formula is C14H20N4O. The van der Waals surface area contributed by atoms with Crippen LogP contribution in [0.3, 0.4) is 0 Å². The van der Waals surface area contributed by atoms with E-state index in [1.54, 1.807) is 0 Å². The fraction of sp³-hybridized carbons (Fsp3) is 0.500. The van der Waals surface area contributed by atoms with Crippen LogP contribution >= 0.6 is 0 Å². The van der Waals surface area contributed by atoms with Gasteiger partial charge in [0, 0.05) is 38.6 Å². The molecule has 1 aliphatic heterocycles. The van der Waals surface area contributed by atoms with Crippen LogP contribution in [-0.2, 0) is 11.3 Å². The summed E-state index contributed by atoms with van der Waals surface area (Å²) < 4.78 is 7.77. The Morgan fingerprint density at radius 2 is 2.47 bits per heavy atom. The number of nitrogens with zero attached hydrogens (tertiary/aromatic N) is 3. The standard InChI is InChI=1S/C14H20N4O/c1-17(11-13-8-15-5-7-19-13)9-12-10-18-6-3-2-4-14(18)16-12/h2-4,6,10,13,15H,5,7-9,11H2,1H3. The summed E-state index contributed by atoms with van der Waals surface area (Å²) in [6, 6.07) is 6.05. The van der Waals surface area contributed by atoms with E-state index in [-0.39, 0.29) is 6.10 Å². The van der Waals surface area contributed by atoms with E-state index in [1.807, 2.05) is 24.4 Å². The van der Waals surface area contributed by atoms with Crippen LogP contribution in [0.4, 0.5) is 0 Å². The zero-order valence-corrected chi connectivity index (χ0v) is 11.2. The molecule has 0 spiro atoms. The van der Waals surface area contributed by atoms with Crippen LogP contribution in [0.25, 0.3) is 5.65 Å². The van der Waals surface area contributed by atoms with E-state index >= 15 is 0 Å². The Balaban J connectivity index is 1.60. The number of nitrogens with one attached hydrogen (secondary N) is 1. The average molecular weight is 260 g/mol. The number of rotatable bonds is 4. The van der Waals surface area contributed by atoms with E-state index in [2.05, 4.69) is 32.8 Å². The van der Waals surface area contributed by atoms with Gasteiger partial charge in [0.05, 0.1) is 18.4 Å². The second-order valence-electron chi connectivity index (χ2n) is 5.09. The molecule has 102 valence electrons. The fourth-order valence-corrected chi connectivity index (χ4v) is 2.49. The molecule has 1 saturated heterocycles. The number of hydrogen-bond donors (Lipinski definition) is 1. The molecule has 1 N–H and O–H groups in total. The smallest absolute Gasteiger partial charge is 0.137 e. The number of fused-ring (bicyclic) bond motifs is 1. The summed E-state index contributed by atoms with van der Waals surface area (Å²) in [6.07, 6.45) is 4.40. The summed E-state index contributed by atoms with van der Waals surface area (Å²) >= 11 is 0. The maximum atomic E-state index is 5.72. The molecule has 0 radical (unpaired) electrons. The summed E-state index contributed by atoms with van der Waals surface area (Å²) in [4.78, 5) is 6.87. The van der Waals surface area contributed by atoms with Gasteiger partial charge >= 0.3 is 0 Å². The SMILES string of the molecule is CN(Cc1cn2ccccc2n1)CC1CNCCO1. The number of aromatic nitrogens is 2. The number of ether oxygens (including phenoxy) is 1. The molecule has 1 aliphatic rings. The molecule has 0 amide bonds. The van der Waals surface area contributed by atoms with Crippen molar-refractivity contribution in [2.45, 2.75) is 12.6 Å². The first-order valence-electron chi connectivity index (χ1n) is 6.75. The van der Waals surface area contributed by atoms with Gasteiger partial charge in [-0.3, -0.25) is 4.90 Å². The van der Waals surface area contributed by atoms with Gasteiger partial charge in [0.25, 0.3) is 0 Å². The topological polar surface area (TPSA) is 41.8 Å². The lowest BCUT2D eigenvalue weighted by Crippen LogP contribution is -2.44. The monoisotopic (exact) mass is 260 g/mol. The Kier molecular flexibility index (Phi) is 3.77. The fourth-order valence-electron chi connectivity index (χ4n) is 2.49. The van der Waals surface area contributed by atoms with Crippen LogP contribution in [0.5, 0.6) is 0 Å². The summed E-state index contributed by atoms with van der Waals surface area (Å²) in [7, 11) is 2.11. The van der Waals surface area contributed by atoms with Gasteiger partial charge in [-0.15, -0.1) is 0 Å². The first-order valence-corrected chi connectivity index (χ1v) is 6.75. The van der Waals surface area contributed by atoms with E-state index < -0.39 is 0 Å². The summed E-state index contributed by atoms with van der Waals surface area (Å²) in [5.74, 6) is 0. The minimum absolute atomic E-state index is 0.288. The Morgan fingerprint density at radius 1 is 1.53 bits per heavy atom. The van der Waals surface area contributed by atoms with Crippen molar-refractivity contribution in [2.75, 3.05) is 33.3 Å². The van der Waals surface area contributed by atoms with Crippen LogP contribution in [0, 0.1) is 0 Å². The van der Waals surface area contributed by atoms with Gasteiger partial charge in [0.1, 0.15) is 5.65 Å². The molecule has 19 heavy (non-hydrogen) atoms. The molecule has 5 nitrogen and oxygen atoms in total. The molecule has 0 saturated carbocycles. The third-order valence-electron chi connectivity index (χ3n) is 3.37. The molecule has 3 rings (SSSR count). The van der Waals surface area contributed by atoms with Gasteiger partial charge in [0.15, 0.2) is 0 Å². The summed E-state index contributed by atoms with van der Waals surface area (Å²) in [5, 5.41) is 3.35. The molecule has 1 fully saturated rings. The Labute approximate surface area is 113 Å². The number of hydrogen-bond acceptors (Lipinski definition) is 4. The van der Waals surface area contributed by atoms with Crippen LogP contribution < -0.4 is 5.32 Å². The predicted molar refractivity (Wildman–Crippen MR) is 74.1 cm³/mol. The van der Waals surface area contributed by atoms with E-state index in [9.17, 15) is 0 Å². The maximum absolute atomic E-state index is 5.72. The summed E-state index contributed by atoms with van der Waals surface area (Å²) in [6.45, 7) is 4.50. The zero-order valence-electron chi connectivity index (χ0n) is 11.2. The maximum Gasteiger partial charge on any atom is 0.137 e. The lowest BCUT2D eigenvalue weighted by Gasteiger charge is -2.27. The average Bonchev–Trinajstić information content (AvgIpc) is 2.81. The van der Waals surface area contributed by atoms with Crippen LogP contribution in [0.1, 0.15) is 5.69 Å². The highest BCUT2D eigenvalue weighted by molar-refractivity contribution is 5.39. The van der Waals surface area contributed by atoms with Crippen molar-refractivity contribution in [1.29, 1.82) is 0 Å². The van der Waals surface area contributed by atoms with Gasteiger partial charge in [-0.1, -0.05) is 6.07 Å². The highest BCUT2D eigenvalue weighted by Crippen LogP contribution is 2.07. The lowest BCUT2D eigenvalue weighted by atomic mass is 10.3. The molecule has 0 bridgehead atoms. The number of morpholine rings is 1. The van der Waals surface area contributed by atoms with E-state index in [0.29, 0.717) is 0 Å². The Hall–Kier alpha value is -1.43. The number of likely N-dealkylation sites (N-methyl/N-ethyl adjacent to an activating group) is 1. The van der Waals surface area contributed by atoms with Crippen LogP contribution in [0.15, 0.2) is 30.6 Å². The quantitative estimate of drug-likeness (QED) is 0.881. The molecule has 0 aromatic carbocycles. The minimum Gasteiger partial charge on any atom is -0.374 e. The first kappa shape index (κ1) is 12.6. The Bertz CT molecular complexity index is 500. The normalized spacial score (nSPS) is 20.2. The third kappa shape index (κ3) is 3.12. The number of pyridine rings is 1. The van der Waals surface area contributed by atoms with Gasteiger partial charge in [-0.25, -0.2) is 4.98 Å². The van der Waals surface area contributed by atoms with Gasteiger partial charge in [-0.2, -0.15) is 0 Å². The minimum atomic E-state index is 0.288. The predicted octanol–water partition coefficient (Wildman–Crippen LogP) is 0.754.